The first-order valence-corrected chi connectivity index (χ1v) is 7.24. The third kappa shape index (κ3) is 3.62. The standard InChI is InChI=1S/C13H15F2IN2O/c1-7-4-8(2-3-17-7)13(19)18-9-5-10(14)12(16)11(15)6-9/h5-8,17H,2-4H2,1H3,(H,18,19)/t7-,8-/m0/s1. The van der Waals surface area contributed by atoms with E-state index in [0.717, 1.165) is 31.5 Å². The molecule has 1 saturated heterocycles. The van der Waals surface area contributed by atoms with Gasteiger partial charge in [-0.05, 0) is 61.0 Å². The van der Waals surface area contributed by atoms with Crippen LogP contribution in [-0.2, 0) is 4.79 Å². The zero-order chi connectivity index (χ0) is 14.0. The molecule has 0 saturated carbocycles. The fourth-order valence-electron chi connectivity index (χ4n) is 2.24. The van der Waals surface area contributed by atoms with Gasteiger partial charge in [-0.15, -0.1) is 0 Å². The number of carbonyl (C=O) groups is 1. The zero-order valence-corrected chi connectivity index (χ0v) is 12.6. The van der Waals surface area contributed by atoms with E-state index in [1.807, 2.05) is 6.92 Å². The second kappa shape index (κ2) is 6.13. The van der Waals surface area contributed by atoms with Crippen molar-refractivity contribution in [3.05, 3.63) is 27.3 Å². The summed E-state index contributed by atoms with van der Waals surface area (Å²) < 4.78 is 26.7. The maximum Gasteiger partial charge on any atom is 0.227 e. The molecular formula is C13H15F2IN2O. The van der Waals surface area contributed by atoms with Crippen LogP contribution in [0.5, 0.6) is 0 Å². The Balaban J connectivity index is 2.06. The lowest BCUT2D eigenvalue weighted by molar-refractivity contribution is -0.120. The van der Waals surface area contributed by atoms with Gasteiger partial charge in [0.15, 0.2) is 0 Å². The van der Waals surface area contributed by atoms with Gasteiger partial charge in [0.25, 0.3) is 0 Å². The van der Waals surface area contributed by atoms with Gasteiger partial charge >= 0.3 is 0 Å². The lowest BCUT2D eigenvalue weighted by atomic mass is 9.92. The van der Waals surface area contributed by atoms with Crippen molar-refractivity contribution in [1.29, 1.82) is 0 Å². The quantitative estimate of drug-likeness (QED) is 0.612. The molecule has 1 aliphatic rings. The maximum absolute atomic E-state index is 13.4. The monoisotopic (exact) mass is 380 g/mol. The van der Waals surface area contributed by atoms with Crippen molar-refractivity contribution in [3.8, 4) is 0 Å². The Kier molecular flexibility index (Phi) is 4.72. The number of hydrogen-bond donors (Lipinski definition) is 2. The summed E-state index contributed by atoms with van der Waals surface area (Å²) in [7, 11) is 0. The van der Waals surface area contributed by atoms with Crippen LogP contribution in [0, 0.1) is 21.1 Å². The minimum Gasteiger partial charge on any atom is -0.326 e. The van der Waals surface area contributed by atoms with E-state index < -0.39 is 11.6 Å². The fourth-order valence-corrected chi connectivity index (χ4v) is 2.55. The molecule has 1 aromatic carbocycles. The molecule has 19 heavy (non-hydrogen) atoms. The predicted molar refractivity (Wildman–Crippen MR) is 77.9 cm³/mol. The summed E-state index contributed by atoms with van der Waals surface area (Å²) in [6, 6.07) is 2.58. The summed E-state index contributed by atoms with van der Waals surface area (Å²) in [5, 5.41) is 5.85. The van der Waals surface area contributed by atoms with Gasteiger partial charge in [0.05, 0.1) is 3.57 Å². The minimum absolute atomic E-state index is 0.0638. The van der Waals surface area contributed by atoms with E-state index in [1.165, 1.54) is 0 Å². The fraction of sp³-hybridized carbons (Fsp3) is 0.462. The first-order chi connectivity index (χ1) is 8.97. The number of benzene rings is 1. The van der Waals surface area contributed by atoms with Crippen molar-refractivity contribution in [3.63, 3.8) is 0 Å². The number of carbonyl (C=O) groups excluding carboxylic acids is 1. The molecule has 0 aromatic heterocycles. The van der Waals surface area contributed by atoms with Gasteiger partial charge in [-0.1, -0.05) is 0 Å². The summed E-state index contributed by atoms with van der Waals surface area (Å²) in [6.07, 6.45) is 1.48. The number of piperidine rings is 1. The van der Waals surface area contributed by atoms with E-state index in [2.05, 4.69) is 10.6 Å². The van der Waals surface area contributed by atoms with Crippen molar-refractivity contribution >= 4 is 34.2 Å². The molecule has 0 spiro atoms. The number of rotatable bonds is 2. The van der Waals surface area contributed by atoms with Crippen LogP contribution in [0.2, 0.25) is 0 Å². The number of halogens is 3. The zero-order valence-electron chi connectivity index (χ0n) is 10.5. The summed E-state index contributed by atoms with van der Waals surface area (Å²) in [5.41, 5.74) is 0.173. The van der Waals surface area contributed by atoms with Crippen LogP contribution < -0.4 is 10.6 Å². The molecule has 0 bridgehead atoms. The molecule has 1 fully saturated rings. The number of amides is 1. The van der Waals surface area contributed by atoms with E-state index in [9.17, 15) is 13.6 Å². The molecule has 1 heterocycles. The van der Waals surface area contributed by atoms with Gasteiger partial charge in [0.2, 0.25) is 5.91 Å². The molecule has 0 radical (unpaired) electrons. The van der Waals surface area contributed by atoms with E-state index in [-0.39, 0.29) is 27.1 Å². The topological polar surface area (TPSA) is 41.1 Å². The summed E-state index contributed by atoms with van der Waals surface area (Å²) in [5.74, 6) is -1.60. The van der Waals surface area contributed by atoms with Gasteiger partial charge in [-0.2, -0.15) is 0 Å². The van der Waals surface area contributed by atoms with E-state index >= 15 is 0 Å². The summed E-state index contributed by atoms with van der Waals surface area (Å²) in [6.45, 7) is 2.80. The second-order valence-corrected chi connectivity index (χ2v) is 5.90. The Bertz CT molecular complexity index is 473. The Morgan fingerprint density at radius 3 is 2.63 bits per heavy atom. The van der Waals surface area contributed by atoms with Crippen LogP contribution in [0.4, 0.5) is 14.5 Å². The van der Waals surface area contributed by atoms with Crippen LogP contribution in [0.3, 0.4) is 0 Å². The van der Waals surface area contributed by atoms with Gasteiger partial charge in [0.1, 0.15) is 11.6 Å². The molecular weight excluding hydrogens is 365 g/mol. The van der Waals surface area contributed by atoms with Gasteiger partial charge in [0, 0.05) is 17.6 Å². The first-order valence-electron chi connectivity index (χ1n) is 6.16. The van der Waals surface area contributed by atoms with E-state index in [1.54, 1.807) is 22.6 Å². The molecule has 1 amide bonds. The second-order valence-electron chi connectivity index (χ2n) is 4.82. The highest BCUT2D eigenvalue weighted by Gasteiger charge is 2.25. The molecule has 0 aliphatic carbocycles. The lowest BCUT2D eigenvalue weighted by Crippen LogP contribution is -2.40. The van der Waals surface area contributed by atoms with Crippen LogP contribution in [-0.4, -0.2) is 18.5 Å². The molecule has 104 valence electrons. The Morgan fingerprint density at radius 2 is 2.05 bits per heavy atom. The minimum atomic E-state index is -0.658. The third-order valence-electron chi connectivity index (χ3n) is 3.25. The highest BCUT2D eigenvalue weighted by Crippen LogP contribution is 2.22. The average Bonchev–Trinajstić information content (AvgIpc) is 2.36. The van der Waals surface area contributed by atoms with Crippen molar-refractivity contribution in [1.82, 2.24) is 5.32 Å². The van der Waals surface area contributed by atoms with Crippen molar-refractivity contribution in [2.45, 2.75) is 25.8 Å². The van der Waals surface area contributed by atoms with Crippen molar-refractivity contribution in [2.75, 3.05) is 11.9 Å². The van der Waals surface area contributed by atoms with Crippen LogP contribution in [0.25, 0.3) is 0 Å². The van der Waals surface area contributed by atoms with E-state index in [0.29, 0.717) is 0 Å². The lowest BCUT2D eigenvalue weighted by Gasteiger charge is -2.27. The van der Waals surface area contributed by atoms with Gasteiger partial charge < -0.3 is 10.6 Å². The Labute approximate surface area is 124 Å². The predicted octanol–water partition coefficient (Wildman–Crippen LogP) is 2.90. The highest BCUT2D eigenvalue weighted by atomic mass is 127. The maximum atomic E-state index is 13.4. The molecule has 2 rings (SSSR count). The van der Waals surface area contributed by atoms with Crippen LogP contribution in [0.1, 0.15) is 19.8 Å². The molecule has 3 nitrogen and oxygen atoms in total. The Morgan fingerprint density at radius 1 is 1.42 bits per heavy atom. The largest absolute Gasteiger partial charge is 0.326 e. The van der Waals surface area contributed by atoms with Crippen LogP contribution in [0.15, 0.2) is 12.1 Å². The summed E-state index contributed by atoms with van der Waals surface area (Å²) >= 11 is 1.59. The summed E-state index contributed by atoms with van der Waals surface area (Å²) in [4.78, 5) is 12.0. The third-order valence-corrected chi connectivity index (χ3v) is 4.28. The highest BCUT2D eigenvalue weighted by molar-refractivity contribution is 14.1. The number of anilines is 1. The first kappa shape index (κ1) is 14.6. The normalized spacial score (nSPS) is 23.2. The molecule has 0 unspecified atom stereocenters. The number of nitrogens with one attached hydrogen (secondary N) is 2. The van der Waals surface area contributed by atoms with Crippen LogP contribution >= 0.6 is 22.6 Å². The smallest absolute Gasteiger partial charge is 0.227 e. The number of hydrogen-bond acceptors (Lipinski definition) is 2. The molecule has 1 aromatic rings. The SMILES string of the molecule is C[C@H]1C[C@@H](C(=O)Nc2cc(F)c(I)c(F)c2)CCN1. The van der Waals surface area contributed by atoms with Crippen molar-refractivity contribution in [2.24, 2.45) is 5.92 Å². The Hall–Kier alpha value is -0.760. The van der Waals surface area contributed by atoms with Gasteiger partial charge in [-0.3, -0.25) is 4.79 Å². The average molecular weight is 380 g/mol. The molecule has 6 heteroatoms. The van der Waals surface area contributed by atoms with Gasteiger partial charge in [-0.25, -0.2) is 8.78 Å². The molecule has 2 N–H and O–H groups in total. The molecule has 1 aliphatic heterocycles. The molecule has 2 atom stereocenters. The van der Waals surface area contributed by atoms with Crippen molar-refractivity contribution < 1.29 is 13.6 Å². The van der Waals surface area contributed by atoms with E-state index in [4.69, 9.17) is 0 Å².